The van der Waals surface area contributed by atoms with Crippen LogP contribution in [0, 0.1) is 0 Å². The van der Waals surface area contributed by atoms with Crippen molar-refractivity contribution in [1.82, 2.24) is 10.6 Å². The molecular formula is C19H19BrCl3N3O2S. The summed E-state index contributed by atoms with van der Waals surface area (Å²) in [5.41, 5.74) is 1.89. The van der Waals surface area contributed by atoms with Gasteiger partial charge in [0.2, 0.25) is 3.79 Å². The molecule has 5 nitrogen and oxygen atoms in total. The number of hydrogen-bond donors (Lipinski definition) is 3. The van der Waals surface area contributed by atoms with Gasteiger partial charge in [-0.25, -0.2) is 0 Å². The Kier molecular flexibility index (Phi) is 9.30. The first-order valence-corrected chi connectivity index (χ1v) is 10.9. The van der Waals surface area contributed by atoms with Crippen LogP contribution in [0.2, 0.25) is 0 Å². The van der Waals surface area contributed by atoms with E-state index in [1.165, 1.54) is 5.56 Å². The first kappa shape index (κ1) is 24.0. The second-order valence-corrected chi connectivity index (χ2v) is 9.54. The molecule has 1 amide bonds. The SMILES string of the molecule is CCc1ccc(OCC(=O)N[C@H](NC(=S)Nc2ccccc2Br)C(Cl)(Cl)Cl)cc1. The van der Waals surface area contributed by atoms with Crippen molar-refractivity contribution in [2.75, 3.05) is 11.9 Å². The first-order valence-electron chi connectivity index (χ1n) is 8.59. The van der Waals surface area contributed by atoms with Crippen LogP contribution in [0.1, 0.15) is 12.5 Å². The van der Waals surface area contributed by atoms with E-state index >= 15 is 0 Å². The summed E-state index contributed by atoms with van der Waals surface area (Å²) in [7, 11) is 0. The van der Waals surface area contributed by atoms with Gasteiger partial charge in [-0.15, -0.1) is 0 Å². The minimum Gasteiger partial charge on any atom is -0.484 e. The number of carbonyl (C=O) groups excluding carboxylic acids is 1. The van der Waals surface area contributed by atoms with Crippen molar-refractivity contribution in [3.05, 3.63) is 58.6 Å². The predicted octanol–water partition coefficient (Wildman–Crippen LogP) is 5.19. The summed E-state index contributed by atoms with van der Waals surface area (Å²) in [6.07, 6.45) is -0.154. The lowest BCUT2D eigenvalue weighted by atomic mass is 10.2. The van der Waals surface area contributed by atoms with Crippen LogP contribution >= 0.6 is 63.0 Å². The molecule has 0 saturated heterocycles. The molecule has 1 atom stereocenters. The molecule has 2 rings (SSSR count). The van der Waals surface area contributed by atoms with E-state index in [-0.39, 0.29) is 11.7 Å². The van der Waals surface area contributed by atoms with Crippen LogP contribution in [0.4, 0.5) is 5.69 Å². The molecule has 2 aromatic rings. The molecule has 0 unspecified atom stereocenters. The van der Waals surface area contributed by atoms with Gasteiger partial charge in [-0.2, -0.15) is 0 Å². The lowest BCUT2D eigenvalue weighted by Crippen LogP contribution is -2.57. The molecule has 0 aromatic heterocycles. The molecular weight excluding hydrogens is 521 g/mol. The second kappa shape index (κ2) is 11.2. The molecule has 0 fully saturated rings. The van der Waals surface area contributed by atoms with Crippen molar-refractivity contribution in [1.29, 1.82) is 0 Å². The number of aryl methyl sites for hydroxylation is 1. The fourth-order valence-corrected chi connectivity index (χ4v) is 3.16. The van der Waals surface area contributed by atoms with Crippen LogP contribution in [0.3, 0.4) is 0 Å². The zero-order valence-corrected chi connectivity index (χ0v) is 20.0. The number of amides is 1. The topological polar surface area (TPSA) is 62.4 Å². The molecule has 0 saturated carbocycles. The van der Waals surface area contributed by atoms with Crippen molar-refractivity contribution < 1.29 is 9.53 Å². The van der Waals surface area contributed by atoms with E-state index in [1.807, 2.05) is 36.4 Å². The van der Waals surface area contributed by atoms with Crippen molar-refractivity contribution >= 4 is 79.7 Å². The number of rotatable bonds is 7. The summed E-state index contributed by atoms with van der Waals surface area (Å²) >= 11 is 26.6. The molecule has 10 heteroatoms. The van der Waals surface area contributed by atoms with Crippen molar-refractivity contribution in [3.8, 4) is 5.75 Å². The smallest absolute Gasteiger partial charge is 0.259 e. The number of anilines is 1. The Labute approximate surface area is 198 Å². The number of carbonyl (C=O) groups is 1. The van der Waals surface area contributed by atoms with Gasteiger partial charge in [0, 0.05) is 4.47 Å². The largest absolute Gasteiger partial charge is 0.484 e. The minimum absolute atomic E-state index is 0.171. The molecule has 0 radical (unpaired) electrons. The quantitative estimate of drug-likeness (QED) is 0.257. The number of benzene rings is 2. The summed E-state index contributed by atoms with van der Waals surface area (Å²) in [4.78, 5) is 12.3. The summed E-state index contributed by atoms with van der Waals surface area (Å²) in [5, 5.41) is 8.50. The van der Waals surface area contributed by atoms with E-state index in [0.29, 0.717) is 5.75 Å². The second-order valence-electron chi connectivity index (χ2n) is 5.91. The highest BCUT2D eigenvalue weighted by atomic mass is 79.9. The highest BCUT2D eigenvalue weighted by molar-refractivity contribution is 9.10. The van der Waals surface area contributed by atoms with Crippen LogP contribution in [0.15, 0.2) is 53.0 Å². The van der Waals surface area contributed by atoms with Gasteiger partial charge in [0.05, 0.1) is 5.69 Å². The summed E-state index contributed by atoms with van der Waals surface area (Å²) in [5.74, 6) is 0.0962. The van der Waals surface area contributed by atoms with Gasteiger partial charge in [-0.05, 0) is 64.4 Å². The van der Waals surface area contributed by atoms with E-state index < -0.39 is 15.9 Å². The van der Waals surface area contributed by atoms with Crippen LogP contribution < -0.4 is 20.7 Å². The van der Waals surface area contributed by atoms with E-state index in [0.717, 1.165) is 16.6 Å². The molecule has 0 bridgehead atoms. The third-order valence-corrected chi connectivity index (χ3v) is 5.30. The standard InChI is InChI=1S/C19H19BrCl3N3O2S/c1-2-12-7-9-13(10-8-12)28-11-16(27)25-17(19(21,22)23)26-18(29)24-15-6-4-3-5-14(15)20/h3-10,17H,2,11H2,1H3,(H,25,27)(H2,24,26,29)/t17-/m1/s1. The van der Waals surface area contributed by atoms with Crippen molar-refractivity contribution in [2.24, 2.45) is 0 Å². The molecule has 156 valence electrons. The van der Waals surface area contributed by atoms with Gasteiger partial charge >= 0.3 is 0 Å². The van der Waals surface area contributed by atoms with Crippen LogP contribution in [-0.4, -0.2) is 27.6 Å². The number of ether oxygens (including phenoxy) is 1. The Balaban J connectivity index is 1.92. The average molecular weight is 540 g/mol. The van der Waals surface area contributed by atoms with E-state index in [2.05, 4.69) is 38.8 Å². The van der Waals surface area contributed by atoms with E-state index in [1.54, 1.807) is 12.1 Å². The lowest BCUT2D eigenvalue weighted by molar-refractivity contribution is -0.123. The van der Waals surface area contributed by atoms with Crippen LogP contribution in [-0.2, 0) is 11.2 Å². The fourth-order valence-electron chi connectivity index (χ4n) is 2.22. The number of alkyl halides is 3. The molecule has 0 heterocycles. The third kappa shape index (κ3) is 8.18. The predicted molar refractivity (Wildman–Crippen MR) is 127 cm³/mol. The number of halogens is 4. The fraction of sp³-hybridized carbons (Fsp3) is 0.263. The van der Waals surface area contributed by atoms with Gasteiger partial charge in [0.25, 0.3) is 5.91 Å². The molecule has 29 heavy (non-hydrogen) atoms. The van der Waals surface area contributed by atoms with Gasteiger partial charge in [0.15, 0.2) is 11.7 Å². The number of para-hydroxylation sites is 1. The van der Waals surface area contributed by atoms with Crippen LogP contribution in [0.5, 0.6) is 5.75 Å². The van der Waals surface area contributed by atoms with Crippen molar-refractivity contribution in [3.63, 3.8) is 0 Å². The highest BCUT2D eigenvalue weighted by Crippen LogP contribution is 2.29. The molecule has 2 aromatic carbocycles. The summed E-state index contributed by atoms with van der Waals surface area (Å²) in [6, 6.07) is 14.8. The zero-order chi connectivity index (χ0) is 21.4. The Hall–Kier alpha value is -1.25. The molecule has 0 aliphatic carbocycles. The summed E-state index contributed by atoms with van der Waals surface area (Å²) < 4.78 is 4.43. The number of hydrogen-bond acceptors (Lipinski definition) is 3. The zero-order valence-electron chi connectivity index (χ0n) is 15.3. The highest BCUT2D eigenvalue weighted by Gasteiger charge is 2.34. The Morgan fingerprint density at radius 2 is 1.79 bits per heavy atom. The van der Waals surface area contributed by atoms with E-state index in [4.69, 9.17) is 51.8 Å². The monoisotopic (exact) mass is 537 g/mol. The third-order valence-electron chi connectivity index (χ3n) is 3.73. The first-order chi connectivity index (χ1) is 13.7. The summed E-state index contributed by atoms with van der Waals surface area (Å²) in [6.45, 7) is 1.82. The van der Waals surface area contributed by atoms with Gasteiger partial charge in [0.1, 0.15) is 11.9 Å². The molecule has 3 N–H and O–H groups in total. The maximum absolute atomic E-state index is 12.3. The van der Waals surface area contributed by atoms with Gasteiger partial charge < -0.3 is 20.7 Å². The minimum atomic E-state index is -1.85. The van der Waals surface area contributed by atoms with E-state index in [9.17, 15) is 4.79 Å². The normalized spacial score (nSPS) is 12.0. The maximum atomic E-state index is 12.3. The Morgan fingerprint density at radius 3 is 2.38 bits per heavy atom. The lowest BCUT2D eigenvalue weighted by Gasteiger charge is -2.27. The Morgan fingerprint density at radius 1 is 1.14 bits per heavy atom. The molecule has 0 aliphatic rings. The Bertz CT molecular complexity index is 847. The van der Waals surface area contributed by atoms with Crippen molar-refractivity contribution in [2.45, 2.75) is 23.3 Å². The number of thiocarbonyl (C=S) groups is 1. The number of nitrogens with one attached hydrogen (secondary N) is 3. The molecule has 0 spiro atoms. The maximum Gasteiger partial charge on any atom is 0.259 e. The molecule has 0 aliphatic heterocycles. The van der Waals surface area contributed by atoms with Crippen LogP contribution in [0.25, 0.3) is 0 Å². The average Bonchev–Trinajstić information content (AvgIpc) is 2.67. The van der Waals surface area contributed by atoms with Gasteiger partial charge in [-0.3, -0.25) is 4.79 Å². The van der Waals surface area contributed by atoms with Gasteiger partial charge in [-0.1, -0.05) is 66.0 Å².